The van der Waals surface area contributed by atoms with Gasteiger partial charge in [0.15, 0.2) is 0 Å². The highest BCUT2D eigenvalue weighted by molar-refractivity contribution is 7.92. The smallest absolute Gasteiger partial charge is 0.243 e. The van der Waals surface area contributed by atoms with Gasteiger partial charge in [-0.1, -0.05) is 62.6 Å². The van der Waals surface area contributed by atoms with Crippen molar-refractivity contribution >= 4 is 27.5 Å². The zero-order valence-corrected chi connectivity index (χ0v) is 25.0. The summed E-state index contributed by atoms with van der Waals surface area (Å²) in [5.74, 6) is -0.238. The van der Waals surface area contributed by atoms with E-state index in [2.05, 4.69) is 5.32 Å². The Hall–Kier alpha value is -2.87. The van der Waals surface area contributed by atoms with Gasteiger partial charge in [0, 0.05) is 25.6 Å². The molecule has 3 rings (SSSR count). The third kappa shape index (κ3) is 8.31. The molecule has 1 saturated carbocycles. The third-order valence-corrected chi connectivity index (χ3v) is 9.12. The molecule has 2 aromatic carbocycles. The number of sulfonamides is 1. The van der Waals surface area contributed by atoms with Crippen LogP contribution in [0.3, 0.4) is 0 Å². The van der Waals surface area contributed by atoms with Crippen molar-refractivity contribution in [3.63, 3.8) is 0 Å². The second-order valence-electron chi connectivity index (χ2n) is 10.9. The second kappa shape index (κ2) is 14.0. The van der Waals surface area contributed by atoms with Gasteiger partial charge in [-0.3, -0.25) is 13.9 Å². The van der Waals surface area contributed by atoms with E-state index < -0.39 is 16.1 Å². The number of anilines is 1. The zero-order chi connectivity index (χ0) is 28.6. The van der Waals surface area contributed by atoms with E-state index in [9.17, 15) is 18.0 Å². The third-order valence-electron chi connectivity index (χ3n) is 7.94. The highest BCUT2D eigenvalue weighted by atomic mass is 32.2. The summed E-state index contributed by atoms with van der Waals surface area (Å²) in [6, 6.07) is 13.1. The lowest BCUT2D eigenvalue weighted by Gasteiger charge is -2.33. The number of hydrogen-bond acceptors (Lipinski definition) is 4. The summed E-state index contributed by atoms with van der Waals surface area (Å²) < 4.78 is 26.8. The van der Waals surface area contributed by atoms with Crippen molar-refractivity contribution in [2.75, 3.05) is 17.1 Å². The van der Waals surface area contributed by atoms with Crippen molar-refractivity contribution in [3.8, 4) is 0 Å². The molecule has 39 heavy (non-hydrogen) atoms. The quantitative estimate of drug-likeness (QED) is 0.379. The normalized spacial score (nSPS) is 15.0. The first-order valence-corrected chi connectivity index (χ1v) is 16.1. The van der Waals surface area contributed by atoms with Gasteiger partial charge in [-0.25, -0.2) is 8.42 Å². The van der Waals surface area contributed by atoms with Gasteiger partial charge in [-0.05, 0) is 74.8 Å². The second-order valence-corrected chi connectivity index (χ2v) is 12.8. The molecule has 1 N–H and O–H groups in total. The molecule has 0 radical (unpaired) electrons. The number of aryl methyl sites for hydroxylation is 2. The molecular weight excluding hydrogens is 510 g/mol. The lowest BCUT2D eigenvalue weighted by atomic mass is 9.95. The highest BCUT2D eigenvalue weighted by Crippen LogP contribution is 2.26. The van der Waals surface area contributed by atoms with Crippen LogP contribution in [0.1, 0.15) is 80.5 Å². The van der Waals surface area contributed by atoms with Crippen molar-refractivity contribution < 1.29 is 18.0 Å². The van der Waals surface area contributed by atoms with Gasteiger partial charge < -0.3 is 10.2 Å². The van der Waals surface area contributed by atoms with Crippen LogP contribution in [-0.4, -0.2) is 50.0 Å². The fourth-order valence-electron chi connectivity index (χ4n) is 5.42. The highest BCUT2D eigenvalue weighted by Gasteiger charge is 2.31. The van der Waals surface area contributed by atoms with Gasteiger partial charge in [-0.15, -0.1) is 0 Å². The van der Waals surface area contributed by atoms with Crippen molar-refractivity contribution in [2.45, 2.75) is 97.7 Å². The number of carbonyl (C=O) groups excluding carboxylic acids is 2. The van der Waals surface area contributed by atoms with Crippen LogP contribution >= 0.6 is 0 Å². The standard InChI is InChI=1S/C31H45N3O4S/c1-6-28(31(36)32-27-17-8-7-9-18-27)33(22-26-16-11-10-14-24(26)3)30(35)20-13-21-34(39(5,37)38)29-19-12-15-23(2)25(29)4/h10-12,14-16,19,27-28H,6-9,13,17-18,20-22H2,1-5H3,(H,32,36). The topological polar surface area (TPSA) is 86.8 Å². The van der Waals surface area contributed by atoms with E-state index in [1.54, 1.807) is 11.0 Å². The average Bonchev–Trinajstić information content (AvgIpc) is 2.89. The molecule has 1 unspecified atom stereocenters. The van der Waals surface area contributed by atoms with Crippen molar-refractivity contribution in [1.82, 2.24) is 10.2 Å². The van der Waals surface area contributed by atoms with E-state index >= 15 is 0 Å². The first-order chi connectivity index (χ1) is 18.5. The molecule has 0 spiro atoms. The number of amides is 2. The van der Waals surface area contributed by atoms with Gasteiger partial charge in [0.1, 0.15) is 6.04 Å². The fourth-order valence-corrected chi connectivity index (χ4v) is 6.44. The summed E-state index contributed by atoms with van der Waals surface area (Å²) in [7, 11) is -3.54. The number of benzene rings is 2. The zero-order valence-electron chi connectivity index (χ0n) is 24.2. The molecule has 0 aromatic heterocycles. The van der Waals surface area contributed by atoms with Crippen LogP contribution in [0.5, 0.6) is 0 Å². The Morgan fingerprint density at radius 3 is 2.28 bits per heavy atom. The van der Waals surface area contributed by atoms with Gasteiger partial charge in [0.25, 0.3) is 0 Å². The van der Waals surface area contributed by atoms with Crippen molar-refractivity contribution in [3.05, 3.63) is 64.7 Å². The van der Waals surface area contributed by atoms with Gasteiger partial charge in [0.2, 0.25) is 21.8 Å². The summed E-state index contributed by atoms with van der Waals surface area (Å²) in [6.07, 6.45) is 7.60. The van der Waals surface area contributed by atoms with E-state index in [0.717, 1.165) is 47.9 Å². The first kappa shape index (κ1) is 30.7. The monoisotopic (exact) mass is 555 g/mol. The summed E-state index contributed by atoms with van der Waals surface area (Å²) in [5.41, 5.74) is 4.62. The number of nitrogens with zero attached hydrogens (tertiary/aromatic N) is 2. The number of nitrogens with one attached hydrogen (secondary N) is 1. The lowest BCUT2D eigenvalue weighted by Crippen LogP contribution is -2.51. The lowest BCUT2D eigenvalue weighted by molar-refractivity contribution is -0.141. The number of hydrogen-bond donors (Lipinski definition) is 1. The summed E-state index contributed by atoms with van der Waals surface area (Å²) >= 11 is 0. The summed E-state index contributed by atoms with van der Waals surface area (Å²) in [6.45, 7) is 8.35. The largest absolute Gasteiger partial charge is 0.352 e. The summed E-state index contributed by atoms with van der Waals surface area (Å²) in [5, 5.41) is 3.21. The molecule has 1 atom stereocenters. The molecule has 2 amide bonds. The van der Waals surface area contributed by atoms with Crippen molar-refractivity contribution in [1.29, 1.82) is 0 Å². The van der Waals surface area contributed by atoms with E-state index in [0.29, 0.717) is 25.1 Å². The van der Waals surface area contributed by atoms with Crippen molar-refractivity contribution in [2.24, 2.45) is 0 Å². The molecule has 214 valence electrons. The van der Waals surface area contributed by atoms with Crippen LogP contribution in [0.2, 0.25) is 0 Å². The Bertz CT molecular complexity index is 1240. The maximum atomic E-state index is 13.7. The van der Waals surface area contributed by atoms with Crippen LogP contribution in [0, 0.1) is 20.8 Å². The molecule has 1 fully saturated rings. The predicted molar refractivity (Wildman–Crippen MR) is 158 cm³/mol. The molecule has 0 heterocycles. The molecule has 0 aliphatic heterocycles. The van der Waals surface area contributed by atoms with Crippen LogP contribution < -0.4 is 9.62 Å². The number of carbonyl (C=O) groups is 2. The average molecular weight is 556 g/mol. The summed E-state index contributed by atoms with van der Waals surface area (Å²) in [4.78, 5) is 28.9. The minimum Gasteiger partial charge on any atom is -0.352 e. The van der Waals surface area contributed by atoms with Crippen LogP contribution in [0.4, 0.5) is 5.69 Å². The SMILES string of the molecule is CCC(C(=O)NC1CCCCC1)N(Cc1ccccc1C)C(=O)CCCN(c1cccc(C)c1C)S(C)(=O)=O. The fraction of sp³-hybridized carbons (Fsp3) is 0.548. The van der Waals surface area contributed by atoms with E-state index in [4.69, 9.17) is 0 Å². The molecule has 2 aromatic rings. The Kier molecular flexibility index (Phi) is 11.0. The Morgan fingerprint density at radius 2 is 1.64 bits per heavy atom. The minimum absolute atomic E-state index is 0.0977. The Labute approximate surface area is 235 Å². The predicted octanol–water partition coefficient (Wildman–Crippen LogP) is 5.41. The van der Waals surface area contributed by atoms with Gasteiger partial charge in [0.05, 0.1) is 11.9 Å². The van der Waals surface area contributed by atoms with E-state index in [1.807, 2.05) is 64.1 Å². The molecule has 0 saturated heterocycles. The number of rotatable bonds is 12. The van der Waals surface area contributed by atoms with Gasteiger partial charge in [-0.2, -0.15) is 0 Å². The Balaban J connectivity index is 1.79. The first-order valence-electron chi connectivity index (χ1n) is 14.2. The van der Waals surface area contributed by atoms with E-state index in [-0.39, 0.29) is 30.8 Å². The Morgan fingerprint density at radius 1 is 0.974 bits per heavy atom. The van der Waals surface area contributed by atoms with Crippen LogP contribution in [0.15, 0.2) is 42.5 Å². The molecule has 1 aliphatic rings. The van der Waals surface area contributed by atoms with Crippen LogP contribution in [-0.2, 0) is 26.2 Å². The van der Waals surface area contributed by atoms with Crippen LogP contribution in [0.25, 0.3) is 0 Å². The maximum Gasteiger partial charge on any atom is 0.243 e. The molecule has 1 aliphatic carbocycles. The van der Waals surface area contributed by atoms with Gasteiger partial charge >= 0.3 is 0 Å². The molecule has 7 nitrogen and oxygen atoms in total. The molecular formula is C31H45N3O4S. The minimum atomic E-state index is -3.54. The molecule has 8 heteroatoms. The maximum absolute atomic E-state index is 13.7. The van der Waals surface area contributed by atoms with E-state index in [1.165, 1.54) is 17.0 Å². The molecule has 0 bridgehead atoms.